The van der Waals surface area contributed by atoms with Crippen LogP contribution in [0, 0.1) is 17.6 Å². The van der Waals surface area contributed by atoms with E-state index in [1.165, 1.54) is 18.3 Å². The zero-order chi connectivity index (χ0) is 22.7. The van der Waals surface area contributed by atoms with Crippen LogP contribution in [0.4, 0.5) is 13.2 Å². The molecule has 2 N–H and O–H groups in total. The van der Waals surface area contributed by atoms with Gasteiger partial charge in [0.05, 0.1) is 27.7 Å². The SMILES string of the molecule is O=c1[nH]ccc2c3[nH]c(-c4c(F)cccc4F)nc3c3ccc(-c4cccc(F)n4)cc3c12. The van der Waals surface area contributed by atoms with Crippen molar-refractivity contribution >= 4 is 32.6 Å². The Morgan fingerprint density at radius 2 is 1.58 bits per heavy atom. The minimum absolute atomic E-state index is 0.0190. The molecule has 3 aromatic heterocycles. The molecule has 0 aliphatic heterocycles. The summed E-state index contributed by atoms with van der Waals surface area (Å²) in [4.78, 5) is 26.9. The molecular weight excluding hydrogens is 429 g/mol. The number of halogens is 3. The molecule has 3 aromatic carbocycles. The standard InChI is InChI=1S/C25H13F3N4O/c26-16-3-1-4-17(27)21(16)24-31-22-13-8-7-12(18-5-2-6-19(28)30-18)11-15(13)20-14(23(22)32-24)9-10-29-25(20)33/h1-11H,(H,29,33)(H,31,32). The van der Waals surface area contributed by atoms with Crippen molar-refractivity contribution in [1.29, 1.82) is 0 Å². The molecule has 0 aliphatic rings. The molecule has 3 heterocycles. The summed E-state index contributed by atoms with van der Waals surface area (Å²) in [5.41, 5.74) is 1.35. The summed E-state index contributed by atoms with van der Waals surface area (Å²) in [6.07, 6.45) is 1.50. The number of hydrogen-bond acceptors (Lipinski definition) is 3. The summed E-state index contributed by atoms with van der Waals surface area (Å²) in [5, 5.41) is 2.09. The molecule has 33 heavy (non-hydrogen) atoms. The first-order chi connectivity index (χ1) is 16.0. The van der Waals surface area contributed by atoms with Crippen LogP contribution < -0.4 is 5.56 Å². The maximum Gasteiger partial charge on any atom is 0.256 e. The van der Waals surface area contributed by atoms with Gasteiger partial charge < -0.3 is 9.97 Å². The highest BCUT2D eigenvalue weighted by molar-refractivity contribution is 6.23. The Labute approximate surface area is 183 Å². The number of aromatic amines is 2. The van der Waals surface area contributed by atoms with Crippen LogP contribution in [-0.2, 0) is 0 Å². The summed E-state index contributed by atoms with van der Waals surface area (Å²) < 4.78 is 42.6. The predicted molar refractivity (Wildman–Crippen MR) is 120 cm³/mol. The highest BCUT2D eigenvalue weighted by Gasteiger charge is 2.20. The summed E-state index contributed by atoms with van der Waals surface area (Å²) in [6.45, 7) is 0. The van der Waals surface area contributed by atoms with Crippen LogP contribution in [0.15, 0.2) is 71.7 Å². The fraction of sp³-hybridized carbons (Fsp3) is 0. The number of H-pyrrole nitrogens is 2. The Kier molecular flexibility index (Phi) is 4.10. The van der Waals surface area contributed by atoms with Crippen molar-refractivity contribution in [3.8, 4) is 22.6 Å². The minimum Gasteiger partial charge on any atom is -0.337 e. The Morgan fingerprint density at radius 3 is 2.36 bits per heavy atom. The van der Waals surface area contributed by atoms with Gasteiger partial charge in [-0.05, 0) is 41.8 Å². The number of imidazole rings is 1. The van der Waals surface area contributed by atoms with Gasteiger partial charge in [0.15, 0.2) is 0 Å². The van der Waals surface area contributed by atoms with E-state index in [0.717, 1.165) is 12.1 Å². The van der Waals surface area contributed by atoms with Crippen molar-refractivity contribution in [1.82, 2.24) is 19.9 Å². The number of fused-ring (bicyclic) bond motifs is 6. The van der Waals surface area contributed by atoms with Crippen LogP contribution in [-0.4, -0.2) is 19.9 Å². The Morgan fingerprint density at radius 1 is 0.788 bits per heavy atom. The van der Waals surface area contributed by atoms with Crippen molar-refractivity contribution in [2.45, 2.75) is 0 Å². The Hall–Kier alpha value is -4.46. The molecule has 0 unspecified atom stereocenters. The molecule has 0 spiro atoms. The first kappa shape index (κ1) is 19.2. The van der Waals surface area contributed by atoms with E-state index in [4.69, 9.17) is 0 Å². The first-order valence-electron chi connectivity index (χ1n) is 10.1. The Balaban J connectivity index is 1.74. The van der Waals surface area contributed by atoms with E-state index < -0.39 is 17.6 Å². The average molecular weight is 442 g/mol. The molecule has 160 valence electrons. The smallest absolute Gasteiger partial charge is 0.256 e. The maximum absolute atomic E-state index is 14.4. The van der Waals surface area contributed by atoms with E-state index in [-0.39, 0.29) is 16.9 Å². The van der Waals surface area contributed by atoms with Gasteiger partial charge in [-0.25, -0.2) is 18.7 Å². The number of nitrogens with one attached hydrogen (secondary N) is 2. The summed E-state index contributed by atoms with van der Waals surface area (Å²) in [6, 6.07) is 15.0. The van der Waals surface area contributed by atoms with Gasteiger partial charge in [0.2, 0.25) is 5.95 Å². The molecule has 8 heteroatoms. The molecule has 0 amide bonds. The van der Waals surface area contributed by atoms with E-state index >= 15 is 0 Å². The number of nitrogens with zero attached hydrogens (tertiary/aromatic N) is 2. The van der Waals surface area contributed by atoms with Gasteiger partial charge in [0.25, 0.3) is 5.56 Å². The lowest BCUT2D eigenvalue weighted by atomic mass is 9.98. The van der Waals surface area contributed by atoms with Crippen molar-refractivity contribution in [2.24, 2.45) is 0 Å². The van der Waals surface area contributed by atoms with E-state index in [1.807, 2.05) is 0 Å². The second-order valence-electron chi connectivity index (χ2n) is 7.61. The van der Waals surface area contributed by atoms with Gasteiger partial charge >= 0.3 is 0 Å². The van der Waals surface area contributed by atoms with Crippen molar-refractivity contribution in [3.63, 3.8) is 0 Å². The molecule has 0 atom stereocenters. The van der Waals surface area contributed by atoms with E-state index in [9.17, 15) is 18.0 Å². The van der Waals surface area contributed by atoms with Gasteiger partial charge in [-0.2, -0.15) is 4.39 Å². The molecule has 0 fully saturated rings. The van der Waals surface area contributed by atoms with Crippen LogP contribution in [0.1, 0.15) is 0 Å². The largest absolute Gasteiger partial charge is 0.337 e. The lowest BCUT2D eigenvalue weighted by Crippen LogP contribution is -2.05. The first-order valence-corrected chi connectivity index (χ1v) is 10.1. The number of hydrogen-bond donors (Lipinski definition) is 2. The molecular formula is C25H13F3N4O. The highest BCUT2D eigenvalue weighted by Crippen LogP contribution is 2.36. The lowest BCUT2D eigenvalue weighted by Gasteiger charge is -2.08. The van der Waals surface area contributed by atoms with E-state index in [0.29, 0.717) is 43.8 Å². The van der Waals surface area contributed by atoms with E-state index in [2.05, 4.69) is 19.9 Å². The normalized spacial score (nSPS) is 11.6. The highest BCUT2D eigenvalue weighted by atomic mass is 19.1. The number of benzene rings is 3. The van der Waals surface area contributed by atoms with Gasteiger partial charge in [0, 0.05) is 22.5 Å². The van der Waals surface area contributed by atoms with Crippen molar-refractivity contribution < 1.29 is 13.2 Å². The van der Waals surface area contributed by atoms with Gasteiger partial charge in [-0.15, -0.1) is 0 Å². The number of pyridine rings is 2. The predicted octanol–water partition coefficient (Wildman–Crippen LogP) is 5.70. The van der Waals surface area contributed by atoms with Gasteiger partial charge in [0.1, 0.15) is 17.5 Å². The van der Waals surface area contributed by atoms with Crippen molar-refractivity contribution in [3.05, 3.63) is 94.8 Å². The fourth-order valence-electron chi connectivity index (χ4n) is 4.25. The van der Waals surface area contributed by atoms with Crippen LogP contribution in [0.2, 0.25) is 0 Å². The van der Waals surface area contributed by atoms with Crippen LogP contribution in [0.3, 0.4) is 0 Å². The lowest BCUT2D eigenvalue weighted by molar-refractivity contribution is 0.585. The van der Waals surface area contributed by atoms with Gasteiger partial charge in [-0.3, -0.25) is 4.79 Å². The molecule has 0 aliphatic carbocycles. The summed E-state index contributed by atoms with van der Waals surface area (Å²) >= 11 is 0. The average Bonchev–Trinajstić information content (AvgIpc) is 3.24. The van der Waals surface area contributed by atoms with Crippen molar-refractivity contribution in [2.75, 3.05) is 0 Å². The fourth-order valence-corrected chi connectivity index (χ4v) is 4.25. The zero-order valence-electron chi connectivity index (χ0n) is 16.8. The maximum atomic E-state index is 14.4. The quantitative estimate of drug-likeness (QED) is 0.267. The second kappa shape index (κ2) is 7.03. The molecule has 0 bridgehead atoms. The topological polar surface area (TPSA) is 74.4 Å². The monoisotopic (exact) mass is 442 g/mol. The molecule has 6 rings (SSSR count). The van der Waals surface area contributed by atoms with Crippen LogP contribution in [0.25, 0.3) is 55.2 Å². The number of aromatic nitrogens is 4. The third kappa shape index (κ3) is 2.91. The third-order valence-electron chi connectivity index (χ3n) is 5.69. The molecule has 0 saturated carbocycles. The molecule has 5 nitrogen and oxygen atoms in total. The summed E-state index contributed by atoms with van der Waals surface area (Å²) in [5.74, 6) is -2.10. The molecule has 6 aromatic rings. The zero-order valence-corrected chi connectivity index (χ0v) is 16.8. The Bertz CT molecular complexity index is 1770. The second-order valence-corrected chi connectivity index (χ2v) is 7.61. The van der Waals surface area contributed by atoms with Crippen LogP contribution in [0.5, 0.6) is 0 Å². The summed E-state index contributed by atoms with van der Waals surface area (Å²) in [7, 11) is 0. The number of rotatable bonds is 2. The minimum atomic E-state index is -0.750. The van der Waals surface area contributed by atoms with Crippen LogP contribution >= 0.6 is 0 Å². The molecule has 0 radical (unpaired) electrons. The molecule has 0 saturated heterocycles. The third-order valence-corrected chi connectivity index (χ3v) is 5.69. The van der Waals surface area contributed by atoms with E-state index in [1.54, 1.807) is 36.4 Å². The van der Waals surface area contributed by atoms with Gasteiger partial charge in [-0.1, -0.05) is 24.3 Å².